The van der Waals surface area contributed by atoms with E-state index in [2.05, 4.69) is 30.5 Å². The molecule has 3 aromatic heterocycles. The molecule has 30 heavy (non-hydrogen) atoms. The number of aromatic amines is 1. The molecule has 1 saturated carbocycles. The Morgan fingerprint density at radius 1 is 1.13 bits per heavy atom. The number of aromatic nitrogens is 6. The molecule has 154 valence electrons. The molecule has 0 spiro atoms. The van der Waals surface area contributed by atoms with Crippen molar-refractivity contribution in [3.8, 4) is 22.7 Å². The van der Waals surface area contributed by atoms with Crippen molar-refractivity contribution in [2.24, 2.45) is 5.92 Å². The summed E-state index contributed by atoms with van der Waals surface area (Å²) in [6.45, 7) is 1.84. The number of thioether (sulfide) groups is 1. The zero-order valence-corrected chi connectivity index (χ0v) is 17.5. The van der Waals surface area contributed by atoms with Gasteiger partial charge in [0.2, 0.25) is 11.0 Å². The molecule has 5 rings (SSSR count). The van der Waals surface area contributed by atoms with Crippen molar-refractivity contribution >= 4 is 11.8 Å². The maximum Gasteiger partial charge on any atom is 0.253 e. The number of rotatable bonds is 7. The van der Waals surface area contributed by atoms with Crippen LogP contribution in [0.2, 0.25) is 0 Å². The van der Waals surface area contributed by atoms with E-state index in [0.717, 1.165) is 29.3 Å². The second kappa shape index (κ2) is 8.43. The molecular weight excluding hydrogens is 400 g/mol. The Hall–Kier alpha value is -2.94. The Balaban J connectivity index is 1.27. The Labute approximate surface area is 177 Å². The summed E-state index contributed by atoms with van der Waals surface area (Å²) < 4.78 is 11.3. The standard InChI is InChI=1S/C21H22N6O2S/c1-13-18(19(27-29-13)15-9-3-2-4-10-15)20-25-24-17(28-20)12-30-21-22-16(23-26-21)11-14-7-5-6-8-14/h2-4,9-10,14H,5-8,11-12H2,1H3,(H,22,23,26). The third-order valence-corrected chi connectivity index (χ3v) is 6.22. The van der Waals surface area contributed by atoms with Crippen LogP contribution in [0.5, 0.6) is 0 Å². The van der Waals surface area contributed by atoms with E-state index < -0.39 is 0 Å². The Bertz CT molecular complexity index is 1110. The predicted molar refractivity (Wildman–Crippen MR) is 112 cm³/mol. The van der Waals surface area contributed by atoms with Gasteiger partial charge in [-0.1, -0.05) is 72.9 Å². The van der Waals surface area contributed by atoms with Gasteiger partial charge < -0.3 is 8.94 Å². The fourth-order valence-corrected chi connectivity index (χ4v) is 4.53. The molecule has 3 heterocycles. The van der Waals surface area contributed by atoms with E-state index in [1.165, 1.54) is 37.4 Å². The van der Waals surface area contributed by atoms with Crippen molar-refractivity contribution in [2.75, 3.05) is 0 Å². The zero-order chi connectivity index (χ0) is 20.3. The van der Waals surface area contributed by atoms with Crippen LogP contribution in [0.25, 0.3) is 22.7 Å². The number of hydrogen-bond donors (Lipinski definition) is 1. The van der Waals surface area contributed by atoms with Gasteiger partial charge in [0.05, 0.1) is 5.75 Å². The van der Waals surface area contributed by atoms with E-state index in [9.17, 15) is 0 Å². The predicted octanol–water partition coefficient (Wildman–Crippen LogP) is 4.84. The molecule has 1 aromatic carbocycles. The van der Waals surface area contributed by atoms with Crippen LogP contribution in [0.15, 0.2) is 44.4 Å². The van der Waals surface area contributed by atoms with Gasteiger partial charge in [0.1, 0.15) is 22.8 Å². The Morgan fingerprint density at radius 3 is 2.80 bits per heavy atom. The summed E-state index contributed by atoms with van der Waals surface area (Å²) in [7, 11) is 0. The van der Waals surface area contributed by atoms with Crippen LogP contribution in [0, 0.1) is 12.8 Å². The van der Waals surface area contributed by atoms with E-state index in [1.807, 2.05) is 37.3 Å². The quantitative estimate of drug-likeness (QED) is 0.422. The second-order valence-electron chi connectivity index (χ2n) is 7.54. The van der Waals surface area contributed by atoms with Gasteiger partial charge in [0, 0.05) is 12.0 Å². The molecule has 9 heteroatoms. The lowest BCUT2D eigenvalue weighted by atomic mass is 10.0. The fourth-order valence-electron chi connectivity index (χ4n) is 3.88. The smallest absolute Gasteiger partial charge is 0.253 e. The molecule has 1 aliphatic rings. The molecule has 0 aliphatic heterocycles. The summed E-state index contributed by atoms with van der Waals surface area (Å²) in [4.78, 5) is 4.59. The van der Waals surface area contributed by atoms with Crippen molar-refractivity contribution < 1.29 is 8.94 Å². The molecule has 4 aromatic rings. The molecule has 8 nitrogen and oxygen atoms in total. The number of benzene rings is 1. The average Bonchev–Trinajstić information content (AvgIpc) is 3.56. The molecule has 1 aliphatic carbocycles. The highest BCUT2D eigenvalue weighted by molar-refractivity contribution is 7.98. The molecule has 0 bridgehead atoms. The third kappa shape index (κ3) is 4.02. The van der Waals surface area contributed by atoms with E-state index in [-0.39, 0.29) is 0 Å². The van der Waals surface area contributed by atoms with Gasteiger partial charge >= 0.3 is 0 Å². The first kappa shape index (κ1) is 19.0. The minimum atomic E-state index is 0.403. The van der Waals surface area contributed by atoms with Crippen LogP contribution in [-0.2, 0) is 12.2 Å². The number of nitrogens with one attached hydrogen (secondary N) is 1. The lowest BCUT2D eigenvalue weighted by Crippen LogP contribution is -2.00. The van der Waals surface area contributed by atoms with Gasteiger partial charge in [-0.15, -0.1) is 15.3 Å². The minimum Gasteiger partial charge on any atom is -0.420 e. The van der Waals surface area contributed by atoms with E-state index in [4.69, 9.17) is 8.94 Å². The molecule has 1 fully saturated rings. The monoisotopic (exact) mass is 422 g/mol. The molecular formula is C21H22N6O2S. The Morgan fingerprint density at radius 2 is 1.97 bits per heavy atom. The van der Waals surface area contributed by atoms with Gasteiger partial charge in [-0.05, 0) is 12.8 Å². The highest BCUT2D eigenvalue weighted by Crippen LogP contribution is 2.34. The first-order valence-corrected chi connectivity index (χ1v) is 11.1. The SMILES string of the molecule is Cc1onc(-c2ccccc2)c1-c1nnc(CSc2n[nH]c(CC3CCCC3)n2)o1. The Kier molecular flexibility index (Phi) is 5.35. The summed E-state index contributed by atoms with van der Waals surface area (Å²) in [5, 5.41) is 20.6. The van der Waals surface area contributed by atoms with Gasteiger partial charge in [-0.25, -0.2) is 4.98 Å². The van der Waals surface area contributed by atoms with Crippen molar-refractivity contribution in [2.45, 2.75) is 49.9 Å². The normalized spacial score (nSPS) is 14.6. The van der Waals surface area contributed by atoms with Crippen LogP contribution < -0.4 is 0 Å². The average molecular weight is 423 g/mol. The van der Waals surface area contributed by atoms with Crippen LogP contribution >= 0.6 is 11.8 Å². The topological polar surface area (TPSA) is 107 Å². The minimum absolute atomic E-state index is 0.403. The third-order valence-electron chi connectivity index (χ3n) is 5.38. The van der Waals surface area contributed by atoms with Crippen LogP contribution in [-0.4, -0.2) is 30.5 Å². The zero-order valence-electron chi connectivity index (χ0n) is 16.7. The van der Waals surface area contributed by atoms with Gasteiger partial charge in [0.25, 0.3) is 5.89 Å². The summed E-state index contributed by atoms with van der Waals surface area (Å²) in [6, 6.07) is 9.81. The molecule has 0 radical (unpaired) electrons. The summed E-state index contributed by atoms with van der Waals surface area (Å²) in [5.74, 6) is 3.75. The molecule has 0 amide bonds. The molecule has 0 atom stereocenters. The maximum atomic E-state index is 5.90. The number of aryl methyl sites for hydroxylation is 1. The lowest BCUT2D eigenvalue weighted by molar-refractivity contribution is 0.399. The van der Waals surface area contributed by atoms with E-state index in [1.54, 1.807) is 0 Å². The van der Waals surface area contributed by atoms with Crippen molar-refractivity contribution in [3.05, 3.63) is 47.8 Å². The second-order valence-corrected chi connectivity index (χ2v) is 8.48. The van der Waals surface area contributed by atoms with Crippen LogP contribution in [0.1, 0.15) is 43.2 Å². The van der Waals surface area contributed by atoms with Gasteiger partial charge in [-0.3, -0.25) is 5.10 Å². The molecule has 1 N–H and O–H groups in total. The number of nitrogens with zero attached hydrogens (tertiary/aromatic N) is 5. The van der Waals surface area contributed by atoms with E-state index >= 15 is 0 Å². The summed E-state index contributed by atoms with van der Waals surface area (Å²) >= 11 is 1.48. The lowest BCUT2D eigenvalue weighted by Gasteiger charge is -2.03. The van der Waals surface area contributed by atoms with Crippen molar-refractivity contribution in [1.82, 2.24) is 30.5 Å². The highest BCUT2D eigenvalue weighted by Gasteiger charge is 2.22. The highest BCUT2D eigenvalue weighted by atomic mass is 32.2. The largest absolute Gasteiger partial charge is 0.420 e. The fraction of sp³-hybridized carbons (Fsp3) is 0.381. The van der Waals surface area contributed by atoms with Gasteiger partial charge in [0.15, 0.2) is 0 Å². The van der Waals surface area contributed by atoms with E-state index in [0.29, 0.717) is 34.1 Å². The van der Waals surface area contributed by atoms with Crippen molar-refractivity contribution in [3.63, 3.8) is 0 Å². The number of hydrogen-bond acceptors (Lipinski definition) is 8. The molecule has 0 unspecified atom stereocenters. The molecule has 0 saturated heterocycles. The van der Waals surface area contributed by atoms with Crippen LogP contribution in [0.4, 0.5) is 0 Å². The van der Waals surface area contributed by atoms with Gasteiger partial charge in [-0.2, -0.15) is 0 Å². The van der Waals surface area contributed by atoms with Crippen molar-refractivity contribution in [1.29, 1.82) is 0 Å². The first-order valence-electron chi connectivity index (χ1n) is 10.1. The summed E-state index contributed by atoms with van der Waals surface area (Å²) in [5.41, 5.74) is 2.36. The first-order chi connectivity index (χ1) is 14.8. The number of H-pyrrole nitrogens is 1. The maximum absolute atomic E-state index is 5.90. The van der Waals surface area contributed by atoms with Crippen LogP contribution in [0.3, 0.4) is 0 Å². The summed E-state index contributed by atoms with van der Waals surface area (Å²) in [6.07, 6.45) is 6.23.